The lowest BCUT2D eigenvalue weighted by atomic mass is 10.1. The highest BCUT2D eigenvalue weighted by Crippen LogP contribution is 2.18. The first-order valence-corrected chi connectivity index (χ1v) is 7.63. The zero-order chi connectivity index (χ0) is 14.4. The predicted octanol–water partition coefficient (Wildman–Crippen LogP) is 3.03. The van der Waals surface area contributed by atoms with E-state index in [9.17, 15) is 0 Å². The van der Waals surface area contributed by atoms with Crippen LogP contribution in [-0.2, 0) is 22.6 Å². The van der Waals surface area contributed by atoms with E-state index in [1.165, 1.54) is 5.56 Å². The van der Waals surface area contributed by atoms with Crippen LogP contribution in [0.4, 0.5) is 0 Å². The Morgan fingerprint density at radius 1 is 1.35 bits per heavy atom. The molecule has 0 amide bonds. The summed E-state index contributed by atoms with van der Waals surface area (Å²) in [5.74, 6) is 2.60. The highest BCUT2D eigenvalue weighted by Gasteiger charge is 2.15. The maximum Gasteiger partial charge on any atom is 0.130 e. The maximum absolute atomic E-state index is 5.89. The molecular formula is C16H27NO3. The Bertz CT molecular complexity index is 394. The number of rotatable bonds is 7. The monoisotopic (exact) mass is 281 g/mol. The quantitative estimate of drug-likeness (QED) is 0.834. The molecule has 2 heterocycles. The molecule has 4 heteroatoms. The first kappa shape index (κ1) is 15.5. The summed E-state index contributed by atoms with van der Waals surface area (Å²) in [6, 6.07) is 2.09. The van der Waals surface area contributed by atoms with Gasteiger partial charge in [-0.15, -0.1) is 0 Å². The molecule has 4 nitrogen and oxygen atoms in total. The fraction of sp³-hybridized carbons (Fsp3) is 0.750. The number of furan rings is 1. The van der Waals surface area contributed by atoms with Crippen molar-refractivity contribution in [3.63, 3.8) is 0 Å². The Labute approximate surface area is 121 Å². The van der Waals surface area contributed by atoms with Gasteiger partial charge in [0.1, 0.15) is 18.1 Å². The average Bonchev–Trinajstić information content (AvgIpc) is 2.78. The smallest absolute Gasteiger partial charge is 0.130 e. The lowest BCUT2D eigenvalue weighted by Crippen LogP contribution is -2.23. The summed E-state index contributed by atoms with van der Waals surface area (Å²) in [6.45, 7) is 10.5. The van der Waals surface area contributed by atoms with Gasteiger partial charge in [-0.25, -0.2) is 0 Å². The van der Waals surface area contributed by atoms with Gasteiger partial charge < -0.3 is 19.2 Å². The van der Waals surface area contributed by atoms with Crippen LogP contribution in [0, 0.1) is 12.8 Å². The van der Waals surface area contributed by atoms with Gasteiger partial charge in [0.15, 0.2) is 0 Å². The molecule has 0 atom stereocenters. The molecule has 0 saturated carbocycles. The Balaban J connectivity index is 1.77. The minimum Gasteiger partial charge on any atom is -0.462 e. The predicted molar refractivity (Wildman–Crippen MR) is 78.6 cm³/mol. The molecule has 1 aliphatic rings. The van der Waals surface area contributed by atoms with Gasteiger partial charge in [-0.3, -0.25) is 0 Å². The molecule has 1 aromatic rings. The van der Waals surface area contributed by atoms with Crippen molar-refractivity contribution in [2.75, 3.05) is 19.8 Å². The Morgan fingerprint density at radius 3 is 2.80 bits per heavy atom. The van der Waals surface area contributed by atoms with Gasteiger partial charge in [-0.2, -0.15) is 0 Å². The molecule has 0 aliphatic carbocycles. The lowest BCUT2D eigenvalue weighted by Gasteiger charge is -2.21. The Kier molecular flexibility index (Phi) is 6.07. The van der Waals surface area contributed by atoms with Gasteiger partial charge >= 0.3 is 0 Å². The van der Waals surface area contributed by atoms with E-state index in [-0.39, 0.29) is 0 Å². The van der Waals surface area contributed by atoms with Gasteiger partial charge in [-0.05, 0) is 43.9 Å². The first-order chi connectivity index (χ1) is 9.65. The molecule has 114 valence electrons. The third-order valence-electron chi connectivity index (χ3n) is 3.54. The van der Waals surface area contributed by atoms with Crippen molar-refractivity contribution >= 4 is 0 Å². The molecule has 1 fully saturated rings. The topological polar surface area (TPSA) is 43.6 Å². The van der Waals surface area contributed by atoms with Crippen molar-refractivity contribution < 1.29 is 13.9 Å². The second-order valence-electron chi connectivity index (χ2n) is 5.97. The van der Waals surface area contributed by atoms with Crippen LogP contribution in [0.1, 0.15) is 43.8 Å². The Hall–Kier alpha value is -0.840. The van der Waals surface area contributed by atoms with Gasteiger partial charge in [-0.1, -0.05) is 13.8 Å². The maximum atomic E-state index is 5.89. The number of nitrogens with one attached hydrogen (secondary N) is 1. The van der Waals surface area contributed by atoms with Crippen LogP contribution in [-0.4, -0.2) is 25.9 Å². The van der Waals surface area contributed by atoms with Crippen LogP contribution in [0.15, 0.2) is 10.5 Å². The summed E-state index contributed by atoms with van der Waals surface area (Å²) in [7, 11) is 0. The van der Waals surface area contributed by atoms with Gasteiger partial charge in [0.2, 0.25) is 0 Å². The van der Waals surface area contributed by atoms with Gasteiger partial charge in [0.05, 0.1) is 12.6 Å². The summed E-state index contributed by atoms with van der Waals surface area (Å²) in [5, 5.41) is 3.41. The number of hydrogen-bond acceptors (Lipinski definition) is 4. The first-order valence-electron chi connectivity index (χ1n) is 7.63. The lowest BCUT2D eigenvalue weighted by molar-refractivity contribution is -0.0435. The molecule has 0 bridgehead atoms. The zero-order valence-electron chi connectivity index (χ0n) is 12.9. The number of aryl methyl sites for hydroxylation is 1. The van der Waals surface area contributed by atoms with Crippen LogP contribution in [0.25, 0.3) is 0 Å². The molecule has 1 N–H and O–H groups in total. The normalized spacial score (nSPS) is 17.0. The summed E-state index contributed by atoms with van der Waals surface area (Å²) >= 11 is 0. The van der Waals surface area contributed by atoms with Crippen LogP contribution in [0.2, 0.25) is 0 Å². The van der Waals surface area contributed by atoms with E-state index < -0.39 is 0 Å². The van der Waals surface area contributed by atoms with E-state index in [4.69, 9.17) is 13.9 Å². The van der Waals surface area contributed by atoms with E-state index >= 15 is 0 Å². The van der Waals surface area contributed by atoms with E-state index in [2.05, 4.69) is 32.2 Å². The van der Waals surface area contributed by atoms with Crippen molar-refractivity contribution in [2.24, 2.45) is 5.92 Å². The fourth-order valence-corrected chi connectivity index (χ4v) is 2.35. The molecule has 0 aromatic carbocycles. The van der Waals surface area contributed by atoms with Crippen LogP contribution in [0.3, 0.4) is 0 Å². The zero-order valence-corrected chi connectivity index (χ0v) is 12.9. The summed E-state index contributed by atoms with van der Waals surface area (Å²) in [6.07, 6.45) is 2.29. The van der Waals surface area contributed by atoms with E-state index in [1.807, 2.05) is 0 Å². The number of ether oxygens (including phenoxy) is 2. The van der Waals surface area contributed by atoms with Crippen molar-refractivity contribution in [1.29, 1.82) is 0 Å². The summed E-state index contributed by atoms with van der Waals surface area (Å²) in [5.41, 5.74) is 1.20. The van der Waals surface area contributed by atoms with Gasteiger partial charge in [0, 0.05) is 13.2 Å². The van der Waals surface area contributed by atoms with Crippen LogP contribution < -0.4 is 5.32 Å². The van der Waals surface area contributed by atoms with Crippen molar-refractivity contribution in [3.05, 3.63) is 23.2 Å². The SMILES string of the molecule is Cc1cc(COC2CCOCC2)oc1CNCC(C)C. The summed E-state index contributed by atoms with van der Waals surface area (Å²) in [4.78, 5) is 0. The molecule has 1 aromatic heterocycles. The van der Waals surface area contributed by atoms with Crippen molar-refractivity contribution in [3.8, 4) is 0 Å². The Morgan fingerprint density at radius 2 is 2.10 bits per heavy atom. The minimum absolute atomic E-state index is 0.316. The van der Waals surface area contributed by atoms with E-state index in [0.717, 1.165) is 50.7 Å². The second-order valence-corrected chi connectivity index (χ2v) is 5.97. The molecular weight excluding hydrogens is 254 g/mol. The largest absolute Gasteiger partial charge is 0.462 e. The molecule has 0 radical (unpaired) electrons. The molecule has 1 saturated heterocycles. The van der Waals surface area contributed by atoms with E-state index in [0.29, 0.717) is 18.6 Å². The van der Waals surface area contributed by atoms with Crippen molar-refractivity contribution in [2.45, 2.75) is 52.9 Å². The molecule has 0 spiro atoms. The third kappa shape index (κ3) is 4.93. The number of hydrogen-bond donors (Lipinski definition) is 1. The highest BCUT2D eigenvalue weighted by atomic mass is 16.5. The molecule has 0 unspecified atom stereocenters. The van der Waals surface area contributed by atoms with Gasteiger partial charge in [0.25, 0.3) is 0 Å². The van der Waals surface area contributed by atoms with Crippen LogP contribution >= 0.6 is 0 Å². The highest BCUT2D eigenvalue weighted by molar-refractivity contribution is 5.19. The molecule has 2 rings (SSSR count). The fourth-order valence-electron chi connectivity index (χ4n) is 2.35. The standard InChI is InChI=1S/C16H27NO3/c1-12(2)9-17-10-16-13(3)8-15(20-16)11-19-14-4-6-18-7-5-14/h8,12,14,17H,4-7,9-11H2,1-3H3. The minimum atomic E-state index is 0.316. The third-order valence-corrected chi connectivity index (χ3v) is 3.54. The average molecular weight is 281 g/mol. The summed E-state index contributed by atoms with van der Waals surface area (Å²) < 4.78 is 17.1. The molecule has 20 heavy (non-hydrogen) atoms. The van der Waals surface area contributed by atoms with E-state index in [1.54, 1.807) is 0 Å². The molecule has 1 aliphatic heterocycles. The second kappa shape index (κ2) is 7.81. The van der Waals surface area contributed by atoms with Crippen LogP contribution in [0.5, 0.6) is 0 Å². The van der Waals surface area contributed by atoms with Crippen molar-refractivity contribution in [1.82, 2.24) is 5.32 Å².